The van der Waals surface area contributed by atoms with Crippen LogP contribution >= 0.6 is 0 Å². The van der Waals surface area contributed by atoms with Crippen LogP contribution < -0.4 is 15.0 Å². The number of nitrogens with zero attached hydrogens (tertiary/aromatic N) is 2. The molecule has 0 fully saturated rings. The highest BCUT2D eigenvalue weighted by molar-refractivity contribution is 5.88. The Morgan fingerprint density at radius 2 is 1.78 bits per heavy atom. The molecule has 0 bridgehead atoms. The minimum absolute atomic E-state index is 0.230. The zero-order chi connectivity index (χ0) is 13.3. The molecule has 0 radical (unpaired) electrons. The monoisotopic (exact) mass is 244 g/mol. The van der Waals surface area contributed by atoms with Gasteiger partial charge in [-0.15, -0.1) is 0 Å². The summed E-state index contributed by atoms with van der Waals surface area (Å²) in [6, 6.07) is 6.72. The Balaban J connectivity index is 2.97. The molecule has 5 nitrogen and oxygen atoms in total. The van der Waals surface area contributed by atoms with Crippen LogP contribution in [0.2, 0.25) is 0 Å². The van der Waals surface area contributed by atoms with Gasteiger partial charge in [0.25, 0.3) is 5.56 Å². The third-order valence-corrected chi connectivity index (χ3v) is 2.87. The second-order valence-electron chi connectivity index (χ2n) is 3.79. The van der Waals surface area contributed by atoms with Crippen LogP contribution in [0.3, 0.4) is 0 Å². The van der Waals surface area contributed by atoms with Crippen LogP contribution in [-0.2, 0) is 7.05 Å². The Hall–Kier alpha value is -2.48. The predicted molar refractivity (Wildman–Crippen MR) is 67.0 cm³/mol. The highest BCUT2D eigenvalue weighted by Gasteiger charge is 2.12. The van der Waals surface area contributed by atoms with Crippen molar-refractivity contribution in [2.45, 2.75) is 0 Å². The van der Waals surface area contributed by atoms with Gasteiger partial charge in [-0.25, -0.2) is 0 Å². The lowest BCUT2D eigenvalue weighted by Crippen LogP contribution is -2.16. The summed E-state index contributed by atoms with van der Waals surface area (Å²) in [7, 11) is 4.70. The Bertz CT molecular complexity index is 711. The van der Waals surface area contributed by atoms with Gasteiger partial charge in [-0.1, -0.05) is 0 Å². The topological polar surface area (TPSA) is 64.2 Å². The van der Waals surface area contributed by atoms with Crippen molar-refractivity contribution in [1.82, 2.24) is 4.57 Å². The number of nitriles is 1. The van der Waals surface area contributed by atoms with E-state index in [2.05, 4.69) is 0 Å². The van der Waals surface area contributed by atoms with Gasteiger partial charge in [-0.05, 0) is 6.07 Å². The van der Waals surface area contributed by atoms with E-state index in [9.17, 15) is 4.79 Å². The van der Waals surface area contributed by atoms with Crippen molar-refractivity contribution in [2.24, 2.45) is 7.05 Å². The van der Waals surface area contributed by atoms with Crippen molar-refractivity contribution < 1.29 is 9.47 Å². The van der Waals surface area contributed by atoms with Crippen molar-refractivity contribution in [1.29, 1.82) is 5.26 Å². The molecule has 0 unspecified atom stereocenters. The van der Waals surface area contributed by atoms with Crippen molar-refractivity contribution in [2.75, 3.05) is 14.2 Å². The van der Waals surface area contributed by atoms with E-state index in [0.717, 1.165) is 0 Å². The Morgan fingerprint density at radius 1 is 1.17 bits per heavy atom. The van der Waals surface area contributed by atoms with Gasteiger partial charge in [0.2, 0.25) is 0 Å². The second kappa shape index (κ2) is 4.41. The molecule has 2 rings (SSSR count). The Morgan fingerprint density at radius 3 is 2.33 bits per heavy atom. The van der Waals surface area contributed by atoms with Gasteiger partial charge in [-0.2, -0.15) is 5.26 Å². The fourth-order valence-corrected chi connectivity index (χ4v) is 1.87. The van der Waals surface area contributed by atoms with Crippen LogP contribution in [0.1, 0.15) is 5.56 Å². The van der Waals surface area contributed by atoms with E-state index in [4.69, 9.17) is 14.7 Å². The molecule has 1 aromatic carbocycles. The number of benzene rings is 1. The standard InChI is InChI=1S/C13H12N2O3/c1-15-10-6-12(18-3)11(17-2)5-9(10)8(7-14)4-13(15)16/h4-6H,1-3H3. The number of aromatic nitrogens is 1. The summed E-state index contributed by atoms with van der Waals surface area (Å²) in [5.41, 5.74) is 0.733. The normalized spacial score (nSPS) is 10.1. The minimum Gasteiger partial charge on any atom is -0.493 e. The van der Waals surface area contributed by atoms with Crippen LogP contribution in [0.5, 0.6) is 11.5 Å². The smallest absolute Gasteiger partial charge is 0.252 e. The summed E-state index contributed by atoms with van der Waals surface area (Å²) in [5, 5.41) is 9.73. The molecular weight excluding hydrogens is 232 g/mol. The third-order valence-electron chi connectivity index (χ3n) is 2.87. The predicted octanol–water partition coefficient (Wildman–Crippen LogP) is 1.43. The van der Waals surface area contributed by atoms with Crippen molar-refractivity contribution in [3.8, 4) is 17.6 Å². The summed E-state index contributed by atoms with van der Waals surface area (Å²) in [4.78, 5) is 11.7. The third kappa shape index (κ3) is 1.68. The first-order chi connectivity index (χ1) is 8.62. The SMILES string of the molecule is COc1cc2c(C#N)cc(=O)n(C)c2cc1OC. The molecule has 18 heavy (non-hydrogen) atoms. The summed E-state index contributed by atoms with van der Waals surface area (Å²) < 4.78 is 11.9. The molecule has 0 saturated heterocycles. The number of aryl methyl sites for hydroxylation is 1. The molecule has 0 N–H and O–H groups in total. The number of ether oxygens (including phenoxy) is 2. The fraction of sp³-hybridized carbons (Fsp3) is 0.231. The van der Waals surface area contributed by atoms with Crippen LogP contribution in [0.4, 0.5) is 0 Å². The number of hydrogen-bond acceptors (Lipinski definition) is 4. The summed E-state index contributed by atoms with van der Waals surface area (Å²) in [6.45, 7) is 0. The number of hydrogen-bond donors (Lipinski definition) is 0. The van der Waals surface area contributed by atoms with Crippen molar-refractivity contribution in [3.05, 3.63) is 34.1 Å². The molecule has 0 saturated carbocycles. The minimum atomic E-state index is -0.230. The first-order valence-corrected chi connectivity index (χ1v) is 5.28. The van der Waals surface area contributed by atoms with Crippen molar-refractivity contribution in [3.63, 3.8) is 0 Å². The maximum Gasteiger partial charge on any atom is 0.252 e. The van der Waals surface area contributed by atoms with Crippen LogP contribution in [0, 0.1) is 11.3 Å². The summed E-state index contributed by atoms with van der Waals surface area (Å²) >= 11 is 0. The Labute approximate surface area is 104 Å². The van der Waals surface area contributed by atoms with E-state index in [1.54, 1.807) is 19.2 Å². The average Bonchev–Trinajstić information content (AvgIpc) is 2.41. The average molecular weight is 244 g/mol. The molecule has 92 valence electrons. The van der Waals surface area contributed by atoms with Gasteiger partial charge in [-0.3, -0.25) is 4.79 Å². The van der Waals surface area contributed by atoms with Crippen LogP contribution in [0.15, 0.2) is 23.0 Å². The van der Waals surface area contributed by atoms with Gasteiger partial charge in [0.15, 0.2) is 11.5 Å². The highest BCUT2D eigenvalue weighted by atomic mass is 16.5. The maximum absolute atomic E-state index is 11.7. The van der Waals surface area contributed by atoms with E-state index >= 15 is 0 Å². The molecule has 5 heteroatoms. The molecule has 0 aliphatic rings. The van der Waals surface area contributed by atoms with E-state index in [1.165, 1.54) is 24.9 Å². The Kier molecular flexibility index (Phi) is 2.94. The second-order valence-corrected chi connectivity index (χ2v) is 3.79. The summed E-state index contributed by atoms with van der Waals surface area (Å²) in [5.74, 6) is 1.05. The molecule has 0 spiro atoms. The van der Waals surface area contributed by atoms with E-state index in [0.29, 0.717) is 28.0 Å². The number of rotatable bonds is 2. The maximum atomic E-state index is 11.7. The molecule has 1 aromatic heterocycles. The van der Waals surface area contributed by atoms with Gasteiger partial charge in [0, 0.05) is 24.6 Å². The molecule has 0 aliphatic heterocycles. The van der Waals surface area contributed by atoms with Gasteiger partial charge < -0.3 is 14.0 Å². The first-order valence-electron chi connectivity index (χ1n) is 5.28. The van der Waals surface area contributed by atoms with Gasteiger partial charge >= 0.3 is 0 Å². The first kappa shape index (κ1) is 12.0. The van der Waals surface area contributed by atoms with Gasteiger partial charge in [0.1, 0.15) is 6.07 Å². The van der Waals surface area contributed by atoms with Crippen LogP contribution in [-0.4, -0.2) is 18.8 Å². The molecule has 0 aliphatic carbocycles. The lowest BCUT2D eigenvalue weighted by molar-refractivity contribution is 0.355. The van der Waals surface area contributed by atoms with Gasteiger partial charge in [0.05, 0.1) is 25.3 Å². The van der Waals surface area contributed by atoms with E-state index in [1.807, 2.05) is 6.07 Å². The van der Waals surface area contributed by atoms with Crippen molar-refractivity contribution >= 4 is 10.9 Å². The fourth-order valence-electron chi connectivity index (χ4n) is 1.87. The zero-order valence-corrected chi connectivity index (χ0v) is 10.4. The van der Waals surface area contributed by atoms with E-state index in [-0.39, 0.29) is 5.56 Å². The largest absolute Gasteiger partial charge is 0.493 e. The molecular formula is C13H12N2O3. The lowest BCUT2D eigenvalue weighted by Gasteiger charge is -2.12. The molecule has 0 atom stereocenters. The summed E-state index contributed by atoms with van der Waals surface area (Å²) in [6.07, 6.45) is 0. The molecule has 1 heterocycles. The molecule has 0 amide bonds. The van der Waals surface area contributed by atoms with E-state index < -0.39 is 0 Å². The lowest BCUT2D eigenvalue weighted by atomic mass is 10.1. The number of pyridine rings is 1. The number of fused-ring (bicyclic) bond motifs is 1. The zero-order valence-electron chi connectivity index (χ0n) is 10.4. The van der Waals surface area contributed by atoms with Crippen LogP contribution in [0.25, 0.3) is 10.9 Å². The number of methoxy groups -OCH3 is 2. The molecule has 2 aromatic rings. The highest BCUT2D eigenvalue weighted by Crippen LogP contribution is 2.32. The quantitative estimate of drug-likeness (QED) is 0.801.